The van der Waals surface area contributed by atoms with Crippen LogP contribution in [0.25, 0.3) is 11.0 Å². The minimum absolute atomic E-state index is 0.0606. The van der Waals surface area contributed by atoms with Crippen molar-refractivity contribution < 1.29 is 4.79 Å². The fourth-order valence-corrected chi connectivity index (χ4v) is 1.98. The van der Waals surface area contributed by atoms with Gasteiger partial charge in [-0.25, -0.2) is 4.79 Å². The first-order valence-electron chi connectivity index (χ1n) is 6.34. The number of benzene rings is 1. The SMILES string of the molecule is CCC(CN)CC(=O)Nc1ccc2[nH]c(=O)[nH]c2c1. The van der Waals surface area contributed by atoms with Crippen LogP contribution in [-0.2, 0) is 4.79 Å². The number of aromatic amines is 2. The van der Waals surface area contributed by atoms with Gasteiger partial charge < -0.3 is 21.0 Å². The van der Waals surface area contributed by atoms with Crippen molar-refractivity contribution in [3.8, 4) is 0 Å². The van der Waals surface area contributed by atoms with Crippen LogP contribution in [0.1, 0.15) is 19.8 Å². The first kappa shape index (κ1) is 13.4. The van der Waals surface area contributed by atoms with Crippen LogP contribution in [0, 0.1) is 5.92 Å². The Hall–Kier alpha value is -2.08. The van der Waals surface area contributed by atoms with Gasteiger partial charge in [0.25, 0.3) is 0 Å². The Balaban J connectivity index is 2.08. The summed E-state index contributed by atoms with van der Waals surface area (Å²) in [7, 11) is 0. The van der Waals surface area contributed by atoms with Crippen molar-refractivity contribution in [3.05, 3.63) is 28.7 Å². The van der Waals surface area contributed by atoms with Crippen LogP contribution in [-0.4, -0.2) is 22.4 Å². The summed E-state index contributed by atoms with van der Waals surface area (Å²) in [5.74, 6) is 0.144. The van der Waals surface area contributed by atoms with Crippen LogP contribution in [0.3, 0.4) is 0 Å². The molecule has 19 heavy (non-hydrogen) atoms. The summed E-state index contributed by atoms with van der Waals surface area (Å²) >= 11 is 0. The maximum absolute atomic E-state index is 11.8. The van der Waals surface area contributed by atoms with Gasteiger partial charge in [0.2, 0.25) is 5.91 Å². The van der Waals surface area contributed by atoms with Crippen molar-refractivity contribution in [2.75, 3.05) is 11.9 Å². The number of H-pyrrole nitrogens is 2. The minimum Gasteiger partial charge on any atom is -0.330 e. The Morgan fingerprint density at radius 1 is 1.37 bits per heavy atom. The van der Waals surface area contributed by atoms with Gasteiger partial charge in [-0.1, -0.05) is 13.3 Å². The van der Waals surface area contributed by atoms with Gasteiger partial charge in [-0.15, -0.1) is 0 Å². The summed E-state index contributed by atoms with van der Waals surface area (Å²) in [5, 5.41) is 2.81. The second-order valence-corrected chi connectivity index (χ2v) is 4.60. The number of anilines is 1. The lowest BCUT2D eigenvalue weighted by molar-refractivity contribution is -0.117. The lowest BCUT2D eigenvalue weighted by atomic mass is 10.0. The van der Waals surface area contributed by atoms with Gasteiger partial charge in [0.1, 0.15) is 0 Å². The molecule has 1 atom stereocenters. The molecule has 0 aliphatic carbocycles. The van der Waals surface area contributed by atoms with Crippen molar-refractivity contribution in [1.82, 2.24) is 9.97 Å². The monoisotopic (exact) mass is 262 g/mol. The molecule has 2 rings (SSSR count). The number of amides is 1. The molecular weight excluding hydrogens is 244 g/mol. The highest BCUT2D eigenvalue weighted by molar-refractivity contribution is 5.93. The van der Waals surface area contributed by atoms with Crippen molar-refractivity contribution in [2.45, 2.75) is 19.8 Å². The first-order valence-corrected chi connectivity index (χ1v) is 6.34. The van der Waals surface area contributed by atoms with E-state index in [9.17, 15) is 9.59 Å². The molecule has 6 heteroatoms. The predicted octanol–water partition coefficient (Wildman–Crippen LogP) is 1.17. The number of nitrogens with one attached hydrogen (secondary N) is 3. The number of nitrogens with two attached hydrogens (primary N) is 1. The lowest BCUT2D eigenvalue weighted by Crippen LogP contribution is -2.21. The molecule has 0 fully saturated rings. The summed E-state index contributed by atoms with van der Waals surface area (Å²) in [4.78, 5) is 28.3. The van der Waals surface area contributed by atoms with Crippen LogP contribution in [0.4, 0.5) is 5.69 Å². The highest BCUT2D eigenvalue weighted by Gasteiger charge is 2.11. The third kappa shape index (κ3) is 3.23. The van der Waals surface area contributed by atoms with E-state index in [1.54, 1.807) is 18.2 Å². The Bertz CT molecular complexity index is 625. The molecule has 2 aromatic rings. The molecule has 1 heterocycles. The maximum Gasteiger partial charge on any atom is 0.323 e. The fourth-order valence-electron chi connectivity index (χ4n) is 1.98. The van der Waals surface area contributed by atoms with Crippen LogP contribution in [0.2, 0.25) is 0 Å². The average molecular weight is 262 g/mol. The molecular formula is C13H18N4O2. The van der Waals surface area contributed by atoms with Crippen LogP contribution < -0.4 is 16.7 Å². The zero-order valence-electron chi connectivity index (χ0n) is 10.8. The van der Waals surface area contributed by atoms with Gasteiger partial charge in [0, 0.05) is 12.1 Å². The zero-order chi connectivity index (χ0) is 13.8. The van der Waals surface area contributed by atoms with Crippen LogP contribution in [0.15, 0.2) is 23.0 Å². The van der Waals surface area contributed by atoms with Crippen LogP contribution >= 0.6 is 0 Å². The Morgan fingerprint density at radius 2 is 2.11 bits per heavy atom. The standard InChI is InChI=1S/C13H18N4O2/c1-2-8(7-14)5-12(18)15-9-3-4-10-11(6-9)17-13(19)16-10/h3-4,6,8H,2,5,7,14H2,1H3,(H,15,18)(H2,16,17,19). The van der Waals surface area contributed by atoms with Gasteiger partial charge in [-0.05, 0) is 30.7 Å². The van der Waals surface area contributed by atoms with E-state index < -0.39 is 0 Å². The lowest BCUT2D eigenvalue weighted by Gasteiger charge is -2.11. The highest BCUT2D eigenvalue weighted by Crippen LogP contribution is 2.15. The Morgan fingerprint density at radius 3 is 2.79 bits per heavy atom. The van der Waals surface area contributed by atoms with E-state index in [-0.39, 0.29) is 17.5 Å². The number of hydrogen-bond acceptors (Lipinski definition) is 3. The molecule has 1 aromatic carbocycles. The number of carbonyl (C=O) groups is 1. The third-order valence-corrected chi connectivity index (χ3v) is 3.18. The van der Waals surface area contributed by atoms with E-state index >= 15 is 0 Å². The normalized spacial score (nSPS) is 12.5. The third-order valence-electron chi connectivity index (χ3n) is 3.18. The molecule has 0 aliphatic heterocycles. The zero-order valence-corrected chi connectivity index (χ0v) is 10.8. The minimum atomic E-state index is -0.257. The number of imidazole rings is 1. The molecule has 1 amide bonds. The molecule has 1 unspecified atom stereocenters. The summed E-state index contributed by atoms with van der Waals surface area (Å²) in [5.41, 5.74) is 7.38. The molecule has 102 valence electrons. The van der Waals surface area contributed by atoms with Crippen molar-refractivity contribution in [1.29, 1.82) is 0 Å². The van der Waals surface area contributed by atoms with E-state index in [1.807, 2.05) is 6.92 Å². The van der Waals surface area contributed by atoms with Gasteiger partial charge in [-0.2, -0.15) is 0 Å². The van der Waals surface area contributed by atoms with Crippen molar-refractivity contribution in [3.63, 3.8) is 0 Å². The Kier molecular flexibility index (Phi) is 4.01. The smallest absolute Gasteiger partial charge is 0.323 e. The summed E-state index contributed by atoms with van der Waals surface area (Å²) in [6, 6.07) is 5.24. The van der Waals surface area contributed by atoms with Crippen molar-refractivity contribution >= 4 is 22.6 Å². The number of carbonyl (C=O) groups excluding carboxylic acids is 1. The van der Waals surface area contributed by atoms with Crippen molar-refractivity contribution in [2.24, 2.45) is 11.7 Å². The average Bonchev–Trinajstić information content (AvgIpc) is 2.75. The van der Waals surface area contributed by atoms with E-state index in [1.165, 1.54) is 0 Å². The summed E-state index contributed by atoms with van der Waals surface area (Å²) in [6.07, 6.45) is 1.29. The van der Waals surface area contributed by atoms with E-state index in [4.69, 9.17) is 5.73 Å². The molecule has 0 aliphatic rings. The van der Waals surface area contributed by atoms with Gasteiger partial charge in [-0.3, -0.25) is 4.79 Å². The molecule has 1 aromatic heterocycles. The van der Waals surface area contributed by atoms with Gasteiger partial charge in [0.15, 0.2) is 0 Å². The predicted molar refractivity (Wildman–Crippen MR) is 75.0 cm³/mol. The molecule has 0 saturated heterocycles. The maximum atomic E-state index is 11.8. The van der Waals surface area contributed by atoms with E-state index in [0.717, 1.165) is 11.9 Å². The van der Waals surface area contributed by atoms with Crippen LogP contribution in [0.5, 0.6) is 0 Å². The number of hydrogen-bond donors (Lipinski definition) is 4. The second-order valence-electron chi connectivity index (χ2n) is 4.60. The largest absolute Gasteiger partial charge is 0.330 e. The molecule has 6 nitrogen and oxygen atoms in total. The quantitative estimate of drug-likeness (QED) is 0.650. The van der Waals surface area contributed by atoms with E-state index in [0.29, 0.717) is 24.2 Å². The van der Waals surface area contributed by atoms with Gasteiger partial charge in [0.05, 0.1) is 11.0 Å². The number of fused-ring (bicyclic) bond motifs is 1. The van der Waals surface area contributed by atoms with E-state index in [2.05, 4.69) is 15.3 Å². The number of rotatable bonds is 5. The molecule has 0 spiro atoms. The Labute approximate surface area is 110 Å². The van der Waals surface area contributed by atoms with Gasteiger partial charge >= 0.3 is 5.69 Å². The highest BCUT2D eigenvalue weighted by atomic mass is 16.1. The second kappa shape index (κ2) is 5.71. The summed E-state index contributed by atoms with van der Waals surface area (Å²) in [6.45, 7) is 2.52. The molecule has 5 N–H and O–H groups in total. The molecule has 0 bridgehead atoms. The molecule has 0 radical (unpaired) electrons. The fraction of sp³-hybridized carbons (Fsp3) is 0.385. The summed E-state index contributed by atoms with van der Waals surface area (Å²) < 4.78 is 0. The number of aromatic nitrogens is 2. The molecule has 0 saturated carbocycles. The first-order chi connectivity index (χ1) is 9.12. The topological polar surface area (TPSA) is 104 Å².